The minimum absolute atomic E-state index is 0.310. The van der Waals surface area contributed by atoms with Gasteiger partial charge in [0.1, 0.15) is 0 Å². The monoisotopic (exact) mass is 291 g/mol. The van der Waals surface area contributed by atoms with Crippen LogP contribution >= 0.6 is 22.7 Å². The minimum Gasteiger partial charge on any atom is -0.335 e. The third kappa shape index (κ3) is 2.90. The maximum Gasteiger partial charge on any atom is 0.223 e. The van der Waals surface area contributed by atoms with Crippen molar-refractivity contribution in [2.45, 2.75) is 31.7 Å². The zero-order valence-corrected chi connectivity index (χ0v) is 12.4. The van der Waals surface area contributed by atoms with Gasteiger partial charge in [-0.1, -0.05) is 12.1 Å². The van der Waals surface area contributed by atoms with Crippen LogP contribution in [0.15, 0.2) is 35.0 Å². The van der Waals surface area contributed by atoms with Gasteiger partial charge in [-0.2, -0.15) is 0 Å². The summed E-state index contributed by atoms with van der Waals surface area (Å²) in [6.45, 7) is 0.922. The van der Waals surface area contributed by atoms with E-state index in [-0.39, 0.29) is 0 Å². The maximum atomic E-state index is 12.4. The molecule has 1 aliphatic heterocycles. The molecule has 0 radical (unpaired) electrons. The topological polar surface area (TPSA) is 20.3 Å². The molecule has 1 amide bonds. The second-order valence-electron chi connectivity index (χ2n) is 4.84. The predicted molar refractivity (Wildman–Crippen MR) is 80.6 cm³/mol. The van der Waals surface area contributed by atoms with E-state index >= 15 is 0 Å². The summed E-state index contributed by atoms with van der Waals surface area (Å²) in [4.78, 5) is 17.1. The molecule has 2 aromatic rings. The van der Waals surface area contributed by atoms with Crippen LogP contribution in [0.5, 0.6) is 0 Å². The number of aryl methyl sites for hydroxylation is 1. The van der Waals surface area contributed by atoms with Crippen LogP contribution in [-0.2, 0) is 11.2 Å². The van der Waals surface area contributed by atoms with Gasteiger partial charge >= 0.3 is 0 Å². The van der Waals surface area contributed by atoms with Gasteiger partial charge in [0.05, 0.1) is 6.04 Å². The molecule has 0 aromatic carbocycles. The molecular weight excluding hydrogens is 274 g/mol. The zero-order chi connectivity index (χ0) is 13.1. The Hall–Kier alpha value is -1.13. The number of nitrogens with zero attached hydrogens (tertiary/aromatic N) is 1. The lowest BCUT2D eigenvalue weighted by molar-refractivity contribution is -0.132. The summed E-state index contributed by atoms with van der Waals surface area (Å²) in [6.07, 6.45) is 3.77. The first-order chi connectivity index (χ1) is 9.34. The lowest BCUT2D eigenvalue weighted by atomic mass is 10.1. The Labute approximate surface area is 121 Å². The van der Waals surface area contributed by atoms with E-state index in [0.717, 1.165) is 25.8 Å². The molecule has 1 saturated heterocycles. The molecule has 1 unspecified atom stereocenters. The Kier molecular flexibility index (Phi) is 3.99. The normalized spacial score (nSPS) is 18.9. The van der Waals surface area contributed by atoms with E-state index in [4.69, 9.17) is 0 Å². The first-order valence-electron chi connectivity index (χ1n) is 6.70. The number of hydrogen-bond donors (Lipinski definition) is 0. The fourth-order valence-corrected chi connectivity index (χ4v) is 4.25. The largest absolute Gasteiger partial charge is 0.335 e. The van der Waals surface area contributed by atoms with Crippen molar-refractivity contribution in [2.24, 2.45) is 0 Å². The van der Waals surface area contributed by atoms with Crippen LogP contribution in [0.3, 0.4) is 0 Å². The van der Waals surface area contributed by atoms with Crippen molar-refractivity contribution in [2.75, 3.05) is 6.54 Å². The quantitative estimate of drug-likeness (QED) is 0.830. The summed E-state index contributed by atoms with van der Waals surface area (Å²) in [5.74, 6) is 0.310. The lowest BCUT2D eigenvalue weighted by Gasteiger charge is -2.23. The van der Waals surface area contributed by atoms with Crippen LogP contribution in [0.25, 0.3) is 0 Å². The predicted octanol–water partition coefficient (Wildman–Crippen LogP) is 4.11. The number of rotatable bonds is 4. The number of carbonyl (C=O) groups is 1. The van der Waals surface area contributed by atoms with Gasteiger partial charge in [-0.25, -0.2) is 0 Å². The Morgan fingerprint density at radius 2 is 2.11 bits per heavy atom. The summed E-state index contributed by atoms with van der Waals surface area (Å²) in [5, 5.41) is 4.17. The van der Waals surface area contributed by atoms with Crippen molar-refractivity contribution in [1.82, 2.24) is 4.90 Å². The number of hydrogen-bond acceptors (Lipinski definition) is 3. The lowest BCUT2D eigenvalue weighted by Crippen LogP contribution is -2.30. The van der Waals surface area contributed by atoms with Gasteiger partial charge in [0.2, 0.25) is 5.91 Å². The molecule has 1 atom stereocenters. The highest BCUT2D eigenvalue weighted by atomic mass is 32.1. The highest BCUT2D eigenvalue weighted by molar-refractivity contribution is 7.10. The molecule has 3 rings (SSSR count). The van der Waals surface area contributed by atoms with E-state index < -0.39 is 0 Å². The standard InChI is InChI=1S/C15H17NOS2/c17-15(8-7-12-4-2-10-18-12)16-9-1-5-13(16)14-6-3-11-19-14/h2-4,6,10-11,13H,1,5,7-9H2. The average Bonchev–Trinajstić information content (AvgIpc) is 3.14. The molecule has 0 aliphatic carbocycles. The molecule has 0 saturated carbocycles. The molecule has 2 aromatic heterocycles. The average molecular weight is 291 g/mol. The van der Waals surface area contributed by atoms with Gasteiger partial charge in [-0.15, -0.1) is 22.7 Å². The molecule has 1 fully saturated rings. The van der Waals surface area contributed by atoms with Gasteiger partial charge in [-0.05, 0) is 42.2 Å². The summed E-state index contributed by atoms with van der Waals surface area (Å²) >= 11 is 3.50. The summed E-state index contributed by atoms with van der Waals surface area (Å²) in [5.41, 5.74) is 0. The van der Waals surface area contributed by atoms with Crippen molar-refractivity contribution in [3.05, 3.63) is 44.8 Å². The van der Waals surface area contributed by atoms with Gasteiger partial charge in [-0.3, -0.25) is 4.79 Å². The molecule has 3 heterocycles. The van der Waals surface area contributed by atoms with E-state index in [0.29, 0.717) is 18.4 Å². The molecule has 4 heteroatoms. The first-order valence-corrected chi connectivity index (χ1v) is 8.46. The summed E-state index contributed by atoms with van der Waals surface area (Å²) in [7, 11) is 0. The fraction of sp³-hybridized carbons (Fsp3) is 0.400. The van der Waals surface area contributed by atoms with E-state index in [1.54, 1.807) is 22.7 Å². The molecule has 0 bridgehead atoms. The second-order valence-corrected chi connectivity index (χ2v) is 6.85. The zero-order valence-electron chi connectivity index (χ0n) is 10.7. The van der Waals surface area contributed by atoms with Crippen molar-refractivity contribution >= 4 is 28.6 Å². The summed E-state index contributed by atoms with van der Waals surface area (Å²) < 4.78 is 0. The number of thiophene rings is 2. The van der Waals surface area contributed by atoms with Crippen LogP contribution in [-0.4, -0.2) is 17.4 Å². The van der Waals surface area contributed by atoms with Gasteiger partial charge < -0.3 is 4.90 Å². The second kappa shape index (κ2) is 5.88. The van der Waals surface area contributed by atoms with Crippen LogP contribution in [0.4, 0.5) is 0 Å². The highest BCUT2D eigenvalue weighted by Crippen LogP contribution is 2.34. The van der Waals surface area contributed by atoms with Crippen molar-refractivity contribution in [1.29, 1.82) is 0 Å². The van der Waals surface area contributed by atoms with E-state index in [1.807, 2.05) is 0 Å². The molecule has 100 valence electrons. The Morgan fingerprint density at radius 1 is 1.26 bits per heavy atom. The highest BCUT2D eigenvalue weighted by Gasteiger charge is 2.29. The molecule has 0 N–H and O–H groups in total. The third-order valence-corrected chi connectivity index (χ3v) is 5.52. The summed E-state index contributed by atoms with van der Waals surface area (Å²) in [6, 6.07) is 8.72. The van der Waals surface area contributed by atoms with E-state index in [9.17, 15) is 4.79 Å². The van der Waals surface area contributed by atoms with Crippen LogP contribution in [0, 0.1) is 0 Å². The molecule has 2 nitrogen and oxygen atoms in total. The number of likely N-dealkylation sites (tertiary alicyclic amines) is 1. The first kappa shape index (κ1) is 12.9. The van der Waals surface area contributed by atoms with Gasteiger partial charge in [0.15, 0.2) is 0 Å². The van der Waals surface area contributed by atoms with Crippen LogP contribution in [0.1, 0.15) is 35.1 Å². The fourth-order valence-electron chi connectivity index (χ4n) is 2.67. The number of amides is 1. The van der Waals surface area contributed by atoms with Crippen molar-refractivity contribution in [3.8, 4) is 0 Å². The Bertz CT molecular complexity index is 518. The smallest absolute Gasteiger partial charge is 0.223 e. The SMILES string of the molecule is O=C(CCc1cccs1)N1CCCC1c1cccs1. The van der Waals surface area contributed by atoms with Gasteiger partial charge in [0.25, 0.3) is 0 Å². The molecule has 19 heavy (non-hydrogen) atoms. The molecule has 0 spiro atoms. The van der Waals surface area contributed by atoms with Crippen LogP contribution in [0.2, 0.25) is 0 Å². The maximum absolute atomic E-state index is 12.4. The molecule has 1 aliphatic rings. The van der Waals surface area contributed by atoms with Crippen molar-refractivity contribution < 1.29 is 4.79 Å². The van der Waals surface area contributed by atoms with Gasteiger partial charge in [0, 0.05) is 22.7 Å². The minimum atomic E-state index is 0.310. The number of carbonyl (C=O) groups excluding carboxylic acids is 1. The van der Waals surface area contributed by atoms with Crippen LogP contribution < -0.4 is 0 Å². The molecular formula is C15H17NOS2. The third-order valence-electron chi connectivity index (χ3n) is 3.61. The van der Waals surface area contributed by atoms with E-state index in [1.165, 1.54) is 9.75 Å². The Morgan fingerprint density at radius 3 is 2.84 bits per heavy atom. The Balaban J connectivity index is 1.62. The van der Waals surface area contributed by atoms with E-state index in [2.05, 4.69) is 39.9 Å². The van der Waals surface area contributed by atoms with Crippen molar-refractivity contribution in [3.63, 3.8) is 0 Å².